The molecule has 90 valence electrons. The number of nitrogen functional groups attached to an aromatic ring is 1. The van der Waals surface area contributed by atoms with Crippen LogP contribution in [-0.2, 0) is 6.54 Å². The van der Waals surface area contributed by atoms with E-state index in [-0.39, 0.29) is 0 Å². The van der Waals surface area contributed by atoms with E-state index in [1.165, 1.54) is 11.8 Å². The number of nitrogens with two attached hydrogens (primary N) is 1. The highest BCUT2D eigenvalue weighted by atomic mass is 32.2. The third-order valence-electron chi connectivity index (χ3n) is 2.39. The largest absolute Gasteiger partial charge is 0.395 e. The number of hydrogen-bond acceptors (Lipinski definition) is 5. The topological polar surface area (TPSA) is 69.6 Å². The predicted octanol–water partition coefficient (Wildman–Crippen LogP) is 2.04. The van der Waals surface area contributed by atoms with E-state index < -0.39 is 0 Å². The molecule has 0 aliphatic heterocycles. The lowest BCUT2D eigenvalue weighted by molar-refractivity contribution is 0.601. The van der Waals surface area contributed by atoms with E-state index in [9.17, 15) is 0 Å². The fourth-order valence-electron chi connectivity index (χ4n) is 1.46. The summed E-state index contributed by atoms with van der Waals surface area (Å²) in [6.45, 7) is 6.67. The van der Waals surface area contributed by atoms with E-state index in [1.54, 1.807) is 6.20 Å². The van der Waals surface area contributed by atoms with Crippen LogP contribution in [0.15, 0.2) is 22.4 Å². The van der Waals surface area contributed by atoms with E-state index in [4.69, 9.17) is 5.73 Å². The predicted molar refractivity (Wildman–Crippen MR) is 67.9 cm³/mol. The maximum Gasteiger partial charge on any atom is 0.194 e. The molecule has 6 heteroatoms. The Morgan fingerprint density at radius 1 is 1.41 bits per heavy atom. The van der Waals surface area contributed by atoms with Crippen molar-refractivity contribution >= 4 is 17.4 Å². The van der Waals surface area contributed by atoms with Gasteiger partial charge in [-0.1, -0.05) is 0 Å². The second-order valence-electron chi connectivity index (χ2n) is 3.70. The van der Waals surface area contributed by atoms with E-state index in [0.717, 1.165) is 23.0 Å². The highest BCUT2D eigenvalue weighted by Gasteiger charge is 2.14. The Hall–Kier alpha value is -1.56. The molecule has 0 radical (unpaired) electrons. The molecule has 2 heterocycles. The fraction of sp³-hybridized carbons (Fsp3) is 0.364. The van der Waals surface area contributed by atoms with Crippen LogP contribution in [0, 0.1) is 13.8 Å². The van der Waals surface area contributed by atoms with Crippen molar-refractivity contribution in [1.29, 1.82) is 0 Å². The number of anilines is 1. The Balaban J connectivity index is 2.35. The summed E-state index contributed by atoms with van der Waals surface area (Å²) in [5, 5.41) is 5.98. The van der Waals surface area contributed by atoms with Gasteiger partial charge in [0.15, 0.2) is 5.16 Å². The molecule has 2 aromatic heterocycles. The first-order valence-electron chi connectivity index (χ1n) is 5.42. The highest BCUT2D eigenvalue weighted by molar-refractivity contribution is 7.99. The minimum absolute atomic E-state index is 0.700. The van der Waals surface area contributed by atoms with Gasteiger partial charge in [0.2, 0.25) is 0 Å². The number of aryl methyl sites for hydroxylation is 3. The van der Waals surface area contributed by atoms with Crippen LogP contribution in [0.5, 0.6) is 0 Å². The third kappa shape index (κ3) is 2.41. The van der Waals surface area contributed by atoms with Gasteiger partial charge in [0.05, 0.1) is 11.4 Å². The lowest BCUT2D eigenvalue weighted by Gasteiger charge is -2.04. The van der Waals surface area contributed by atoms with Crippen LogP contribution in [0.3, 0.4) is 0 Å². The Morgan fingerprint density at radius 3 is 2.82 bits per heavy atom. The molecule has 0 unspecified atom stereocenters. The van der Waals surface area contributed by atoms with E-state index in [1.807, 2.05) is 31.5 Å². The van der Waals surface area contributed by atoms with Gasteiger partial charge in [-0.3, -0.25) is 4.68 Å². The summed E-state index contributed by atoms with van der Waals surface area (Å²) >= 11 is 1.45. The van der Waals surface area contributed by atoms with Crippen molar-refractivity contribution in [3.05, 3.63) is 23.7 Å². The van der Waals surface area contributed by atoms with Crippen molar-refractivity contribution in [2.24, 2.45) is 0 Å². The zero-order valence-corrected chi connectivity index (χ0v) is 11.0. The van der Waals surface area contributed by atoms with Gasteiger partial charge in [-0.05, 0) is 38.6 Å². The standard InChI is InChI=1S/C11H15N5S/c1-4-16-10(9(12)8(3)15-16)17-11-13-6-5-7(2)14-11/h5-6H,4,12H2,1-3H3. The summed E-state index contributed by atoms with van der Waals surface area (Å²) in [5.41, 5.74) is 8.51. The van der Waals surface area contributed by atoms with Crippen LogP contribution in [0.2, 0.25) is 0 Å². The monoisotopic (exact) mass is 249 g/mol. The molecule has 0 saturated carbocycles. The van der Waals surface area contributed by atoms with Gasteiger partial charge in [-0.25, -0.2) is 9.97 Å². The fourth-order valence-corrected chi connectivity index (χ4v) is 2.47. The molecular weight excluding hydrogens is 234 g/mol. The van der Waals surface area contributed by atoms with Crippen LogP contribution in [-0.4, -0.2) is 19.7 Å². The number of hydrogen-bond donors (Lipinski definition) is 1. The molecular formula is C11H15N5S. The van der Waals surface area contributed by atoms with E-state index in [0.29, 0.717) is 10.8 Å². The van der Waals surface area contributed by atoms with Crippen LogP contribution in [0.1, 0.15) is 18.3 Å². The first kappa shape index (κ1) is 11.9. The molecule has 0 aliphatic rings. The molecule has 2 N–H and O–H groups in total. The first-order chi connectivity index (χ1) is 8.11. The SMILES string of the molecule is CCn1nc(C)c(N)c1Sc1nccc(C)n1. The third-order valence-corrected chi connectivity index (χ3v) is 3.39. The van der Waals surface area contributed by atoms with Crippen molar-refractivity contribution in [3.63, 3.8) is 0 Å². The summed E-state index contributed by atoms with van der Waals surface area (Å²) in [6.07, 6.45) is 1.75. The first-order valence-corrected chi connectivity index (χ1v) is 6.23. The average molecular weight is 249 g/mol. The van der Waals surface area contributed by atoms with Crippen LogP contribution >= 0.6 is 11.8 Å². The molecule has 0 saturated heterocycles. The lowest BCUT2D eigenvalue weighted by Crippen LogP contribution is -2.00. The van der Waals surface area contributed by atoms with Crippen molar-refractivity contribution in [3.8, 4) is 0 Å². The highest BCUT2D eigenvalue weighted by Crippen LogP contribution is 2.31. The smallest absolute Gasteiger partial charge is 0.194 e. The van der Waals surface area contributed by atoms with Gasteiger partial charge in [-0.15, -0.1) is 0 Å². The van der Waals surface area contributed by atoms with E-state index >= 15 is 0 Å². The van der Waals surface area contributed by atoms with E-state index in [2.05, 4.69) is 15.1 Å². The maximum atomic E-state index is 6.01. The molecule has 17 heavy (non-hydrogen) atoms. The Labute approximate surface area is 104 Å². The summed E-state index contributed by atoms with van der Waals surface area (Å²) in [6, 6.07) is 1.87. The molecule has 0 spiro atoms. The molecule has 5 nitrogen and oxygen atoms in total. The molecule has 0 amide bonds. The zero-order valence-electron chi connectivity index (χ0n) is 10.1. The Morgan fingerprint density at radius 2 is 2.18 bits per heavy atom. The van der Waals surface area contributed by atoms with Gasteiger partial charge < -0.3 is 5.73 Å². The molecule has 0 atom stereocenters. The second-order valence-corrected chi connectivity index (χ2v) is 4.66. The van der Waals surface area contributed by atoms with Crippen molar-refractivity contribution < 1.29 is 0 Å². The van der Waals surface area contributed by atoms with Crippen LogP contribution in [0.25, 0.3) is 0 Å². The second kappa shape index (κ2) is 4.75. The van der Waals surface area contributed by atoms with Crippen LogP contribution < -0.4 is 5.73 Å². The minimum Gasteiger partial charge on any atom is -0.395 e. The summed E-state index contributed by atoms with van der Waals surface area (Å²) in [7, 11) is 0. The molecule has 0 aromatic carbocycles. The van der Waals surface area contributed by atoms with Gasteiger partial charge >= 0.3 is 0 Å². The van der Waals surface area contributed by atoms with Crippen LogP contribution in [0.4, 0.5) is 5.69 Å². The number of rotatable bonds is 3. The van der Waals surface area contributed by atoms with Crippen molar-refractivity contribution in [2.45, 2.75) is 37.5 Å². The Bertz CT molecular complexity index is 535. The van der Waals surface area contributed by atoms with Crippen molar-refractivity contribution in [1.82, 2.24) is 19.7 Å². The number of aromatic nitrogens is 4. The van der Waals surface area contributed by atoms with Gasteiger partial charge in [-0.2, -0.15) is 5.10 Å². The maximum absolute atomic E-state index is 6.01. The summed E-state index contributed by atoms with van der Waals surface area (Å²) < 4.78 is 1.88. The number of nitrogens with zero attached hydrogens (tertiary/aromatic N) is 4. The van der Waals surface area contributed by atoms with Crippen molar-refractivity contribution in [2.75, 3.05) is 5.73 Å². The Kier molecular flexibility index (Phi) is 3.33. The molecule has 2 rings (SSSR count). The molecule has 0 aliphatic carbocycles. The summed E-state index contributed by atoms with van der Waals surface area (Å²) in [5.74, 6) is 0. The molecule has 2 aromatic rings. The van der Waals surface area contributed by atoms with Gasteiger partial charge in [0.1, 0.15) is 5.03 Å². The molecule has 0 fully saturated rings. The quantitative estimate of drug-likeness (QED) is 0.843. The average Bonchev–Trinajstić information content (AvgIpc) is 2.57. The van der Waals surface area contributed by atoms with Gasteiger partial charge in [0.25, 0.3) is 0 Å². The zero-order chi connectivity index (χ0) is 12.4. The molecule has 0 bridgehead atoms. The minimum atomic E-state index is 0.700. The lowest BCUT2D eigenvalue weighted by atomic mass is 10.4. The normalized spacial score (nSPS) is 10.8. The van der Waals surface area contributed by atoms with Gasteiger partial charge in [0, 0.05) is 18.4 Å². The summed E-state index contributed by atoms with van der Waals surface area (Å²) in [4.78, 5) is 8.57.